The summed E-state index contributed by atoms with van der Waals surface area (Å²) in [4.78, 5) is 21.7. The summed E-state index contributed by atoms with van der Waals surface area (Å²) in [6.45, 7) is 1.16. The van der Waals surface area contributed by atoms with Crippen molar-refractivity contribution >= 4 is 11.8 Å². The Morgan fingerprint density at radius 2 is 2.00 bits per heavy atom. The minimum Gasteiger partial charge on any atom is -0.385 e. The Kier molecular flexibility index (Phi) is 6.91. The molecular weight excluding hydrogens is 172 g/mol. The molecule has 0 aromatic heterocycles. The summed E-state index contributed by atoms with van der Waals surface area (Å²) < 4.78 is 4.80. The summed E-state index contributed by atoms with van der Waals surface area (Å²) in [6, 6.07) is 0. The normalized spacial score (nSPS) is 9.38. The number of carbonyl (C=O) groups is 2. The second-order valence-corrected chi connectivity index (χ2v) is 2.55. The molecule has 0 rings (SSSR count). The maximum atomic E-state index is 11.0. The van der Waals surface area contributed by atoms with Gasteiger partial charge in [0.2, 0.25) is 11.8 Å². The van der Waals surface area contributed by atoms with E-state index in [1.165, 1.54) is 7.05 Å². The molecule has 2 amide bonds. The first-order chi connectivity index (χ1) is 6.20. The lowest BCUT2D eigenvalue weighted by molar-refractivity contribution is -0.129. The molecule has 13 heavy (non-hydrogen) atoms. The van der Waals surface area contributed by atoms with Crippen LogP contribution < -0.4 is 10.6 Å². The molecular formula is C8H16N2O3. The number of hydrogen-bond donors (Lipinski definition) is 2. The molecule has 0 aromatic rings. The van der Waals surface area contributed by atoms with Crippen molar-refractivity contribution in [3.05, 3.63) is 0 Å². The van der Waals surface area contributed by atoms with Gasteiger partial charge in [0.05, 0.1) is 0 Å². The number of methoxy groups -OCH3 is 1. The molecule has 0 aliphatic carbocycles. The van der Waals surface area contributed by atoms with Gasteiger partial charge in [0.25, 0.3) is 0 Å². The first-order valence-electron chi connectivity index (χ1n) is 4.17. The van der Waals surface area contributed by atoms with Crippen LogP contribution in [0.25, 0.3) is 0 Å². The Hall–Kier alpha value is -1.10. The molecule has 0 unspecified atom stereocenters. The molecule has 0 atom stereocenters. The van der Waals surface area contributed by atoms with Gasteiger partial charge >= 0.3 is 0 Å². The van der Waals surface area contributed by atoms with Gasteiger partial charge in [-0.2, -0.15) is 0 Å². The number of hydrogen-bond acceptors (Lipinski definition) is 3. The van der Waals surface area contributed by atoms with Gasteiger partial charge in [-0.25, -0.2) is 0 Å². The molecule has 0 spiro atoms. The third-order valence-electron chi connectivity index (χ3n) is 1.45. The van der Waals surface area contributed by atoms with Gasteiger partial charge in [-0.3, -0.25) is 9.59 Å². The van der Waals surface area contributed by atoms with Crippen molar-refractivity contribution in [2.24, 2.45) is 0 Å². The SMILES string of the molecule is CNC(=O)CC(=O)NCCCOC. The maximum absolute atomic E-state index is 11.0. The molecule has 0 radical (unpaired) electrons. The van der Waals surface area contributed by atoms with E-state index in [2.05, 4.69) is 10.6 Å². The molecule has 5 nitrogen and oxygen atoms in total. The first kappa shape index (κ1) is 11.9. The third-order valence-corrected chi connectivity index (χ3v) is 1.45. The van der Waals surface area contributed by atoms with E-state index in [-0.39, 0.29) is 18.2 Å². The fraction of sp³-hybridized carbons (Fsp3) is 0.750. The first-order valence-corrected chi connectivity index (χ1v) is 4.17. The fourth-order valence-electron chi connectivity index (χ4n) is 0.741. The second kappa shape index (κ2) is 7.54. The highest BCUT2D eigenvalue weighted by Gasteiger charge is 2.05. The van der Waals surface area contributed by atoms with E-state index in [0.29, 0.717) is 13.2 Å². The van der Waals surface area contributed by atoms with E-state index in [4.69, 9.17) is 4.74 Å². The highest BCUT2D eigenvalue weighted by molar-refractivity contribution is 5.96. The van der Waals surface area contributed by atoms with Crippen LogP contribution in [0.2, 0.25) is 0 Å². The van der Waals surface area contributed by atoms with Gasteiger partial charge in [-0.15, -0.1) is 0 Å². The van der Waals surface area contributed by atoms with Crippen LogP contribution >= 0.6 is 0 Å². The number of rotatable bonds is 6. The van der Waals surface area contributed by atoms with Crippen LogP contribution in [0.5, 0.6) is 0 Å². The Labute approximate surface area is 77.8 Å². The van der Waals surface area contributed by atoms with Crippen molar-refractivity contribution in [1.29, 1.82) is 0 Å². The molecule has 0 aliphatic rings. The topological polar surface area (TPSA) is 67.4 Å². The molecule has 5 heteroatoms. The Bertz CT molecular complexity index is 171. The van der Waals surface area contributed by atoms with Crippen molar-refractivity contribution in [2.75, 3.05) is 27.3 Å². The monoisotopic (exact) mass is 188 g/mol. The number of ether oxygens (including phenoxy) is 1. The van der Waals surface area contributed by atoms with E-state index in [0.717, 1.165) is 6.42 Å². The van der Waals surface area contributed by atoms with Crippen molar-refractivity contribution < 1.29 is 14.3 Å². The molecule has 76 valence electrons. The van der Waals surface area contributed by atoms with Crippen LogP contribution in [-0.4, -0.2) is 39.1 Å². The fourth-order valence-corrected chi connectivity index (χ4v) is 0.741. The van der Waals surface area contributed by atoms with Crippen LogP contribution in [0.3, 0.4) is 0 Å². The minimum absolute atomic E-state index is 0.108. The van der Waals surface area contributed by atoms with Crippen molar-refractivity contribution in [3.63, 3.8) is 0 Å². The average Bonchev–Trinajstić information content (AvgIpc) is 2.12. The van der Waals surface area contributed by atoms with Crippen LogP contribution in [0.1, 0.15) is 12.8 Å². The highest BCUT2D eigenvalue weighted by Crippen LogP contribution is 1.81. The van der Waals surface area contributed by atoms with Crippen LogP contribution in [0, 0.1) is 0 Å². The van der Waals surface area contributed by atoms with Crippen molar-refractivity contribution in [3.8, 4) is 0 Å². The molecule has 0 saturated heterocycles. The number of amides is 2. The van der Waals surface area contributed by atoms with E-state index >= 15 is 0 Å². The van der Waals surface area contributed by atoms with Gasteiger partial charge in [-0.05, 0) is 6.42 Å². The Morgan fingerprint density at radius 3 is 2.54 bits per heavy atom. The zero-order valence-corrected chi connectivity index (χ0v) is 8.05. The largest absolute Gasteiger partial charge is 0.385 e. The van der Waals surface area contributed by atoms with Gasteiger partial charge in [0.1, 0.15) is 6.42 Å². The lowest BCUT2D eigenvalue weighted by Crippen LogP contribution is -2.31. The van der Waals surface area contributed by atoms with Crippen LogP contribution in [0.4, 0.5) is 0 Å². The molecule has 0 heterocycles. The lowest BCUT2D eigenvalue weighted by Gasteiger charge is -2.03. The third kappa shape index (κ3) is 7.27. The maximum Gasteiger partial charge on any atom is 0.229 e. The van der Waals surface area contributed by atoms with Crippen molar-refractivity contribution in [1.82, 2.24) is 10.6 Å². The van der Waals surface area contributed by atoms with Gasteiger partial charge in [0.15, 0.2) is 0 Å². The summed E-state index contributed by atoms with van der Waals surface area (Å²) >= 11 is 0. The Morgan fingerprint density at radius 1 is 1.31 bits per heavy atom. The Balaban J connectivity index is 3.35. The van der Waals surface area contributed by atoms with E-state index in [9.17, 15) is 9.59 Å². The molecule has 2 N–H and O–H groups in total. The van der Waals surface area contributed by atoms with E-state index in [1.54, 1.807) is 7.11 Å². The summed E-state index contributed by atoms with van der Waals surface area (Å²) in [5, 5.41) is 4.98. The van der Waals surface area contributed by atoms with Gasteiger partial charge < -0.3 is 15.4 Å². The van der Waals surface area contributed by atoms with E-state index in [1.807, 2.05) is 0 Å². The predicted molar refractivity (Wildman–Crippen MR) is 48.2 cm³/mol. The minimum atomic E-state index is -0.274. The number of nitrogens with one attached hydrogen (secondary N) is 2. The average molecular weight is 188 g/mol. The highest BCUT2D eigenvalue weighted by atomic mass is 16.5. The van der Waals surface area contributed by atoms with Gasteiger partial charge in [-0.1, -0.05) is 0 Å². The van der Waals surface area contributed by atoms with E-state index < -0.39 is 0 Å². The summed E-state index contributed by atoms with van der Waals surface area (Å²) in [5.74, 6) is -0.528. The lowest BCUT2D eigenvalue weighted by atomic mass is 10.3. The van der Waals surface area contributed by atoms with Crippen LogP contribution in [-0.2, 0) is 14.3 Å². The quantitative estimate of drug-likeness (QED) is 0.427. The van der Waals surface area contributed by atoms with Gasteiger partial charge in [0, 0.05) is 27.3 Å². The smallest absolute Gasteiger partial charge is 0.229 e. The second-order valence-electron chi connectivity index (χ2n) is 2.55. The number of carbonyl (C=O) groups excluding carboxylic acids is 2. The summed E-state index contributed by atoms with van der Waals surface area (Å²) in [5.41, 5.74) is 0. The molecule has 0 fully saturated rings. The van der Waals surface area contributed by atoms with Crippen LogP contribution in [0.15, 0.2) is 0 Å². The summed E-state index contributed by atoms with van der Waals surface area (Å²) in [6.07, 6.45) is 0.652. The zero-order valence-electron chi connectivity index (χ0n) is 8.05. The predicted octanol–water partition coefficient (Wildman–Crippen LogP) is -0.725. The zero-order chi connectivity index (χ0) is 10.1. The molecule has 0 bridgehead atoms. The van der Waals surface area contributed by atoms with Crippen molar-refractivity contribution in [2.45, 2.75) is 12.8 Å². The molecule has 0 aromatic carbocycles. The molecule has 0 aliphatic heterocycles. The molecule has 0 saturated carbocycles. The standard InChI is InChI=1S/C8H16N2O3/c1-9-7(11)6-8(12)10-4-3-5-13-2/h3-6H2,1-2H3,(H,9,11)(H,10,12). The summed E-state index contributed by atoms with van der Waals surface area (Å²) in [7, 11) is 3.10.